The monoisotopic (exact) mass is 251 g/mol. The van der Waals surface area contributed by atoms with Gasteiger partial charge in [-0.25, -0.2) is 4.98 Å². The summed E-state index contributed by atoms with van der Waals surface area (Å²) in [6.07, 6.45) is -3.47. The van der Waals surface area contributed by atoms with Gasteiger partial charge in [-0.05, 0) is 19.1 Å². The lowest BCUT2D eigenvalue weighted by atomic mass is 10.3. The van der Waals surface area contributed by atoms with Crippen molar-refractivity contribution in [3.63, 3.8) is 0 Å². The van der Waals surface area contributed by atoms with Crippen molar-refractivity contribution in [3.8, 4) is 0 Å². The van der Waals surface area contributed by atoms with Gasteiger partial charge < -0.3 is 4.74 Å². The summed E-state index contributed by atoms with van der Waals surface area (Å²) in [4.78, 5) is 3.73. The Labute approximate surface area is 96.2 Å². The molecule has 0 aliphatic carbocycles. The average molecular weight is 251 g/mol. The third-order valence-corrected chi connectivity index (χ3v) is 2.65. The van der Waals surface area contributed by atoms with Crippen molar-refractivity contribution in [2.75, 3.05) is 19.0 Å². The van der Waals surface area contributed by atoms with Crippen molar-refractivity contribution in [1.29, 1.82) is 0 Å². The quantitative estimate of drug-likeness (QED) is 0.592. The van der Waals surface area contributed by atoms with Gasteiger partial charge in [-0.1, -0.05) is 0 Å². The maximum Gasteiger partial charge on any atom is 0.417 e. The first-order valence-electron chi connectivity index (χ1n) is 4.78. The lowest BCUT2D eigenvalue weighted by Gasteiger charge is -2.06. The van der Waals surface area contributed by atoms with Gasteiger partial charge in [-0.2, -0.15) is 13.2 Å². The molecular weight excluding hydrogens is 239 g/mol. The minimum atomic E-state index is -4.32. The topological polar surface area (TPSA) is 22.1 Å². The second-order valence-electron chi connectivity index (χ2n) is 2.93. The van der Waals surface area contributed by atoms with E-state index in [2.05, 4.69) is 4.98 Å². The number of nitrogens with zero attached hydrogens (tertiary/aromatic N) is 1. The number of hydrogen-bond acceptors (Lipinski definition) is 3. The Balaban J connectivity index is 2.46. The highest BCUT2D eigenvalue weighted by Gasteiger charge is 2.30. The highest BCUT2D eigenvalue weighted by molar-refractivity contribution is 7.99. The predicted octanol–water partition coefficient (Wildman–Crippen LogP) is 3.23. The first kappa shape index (κ1) is 13.3. The molecule has 1 aromatic rings. The molecule has 0 spiro atoms. The van der Waals surface area contributed by atoms with Crippen molar-refractivity contribution >= 4 is 11.8 Å². The van der Waals surface area contributed by atoms with E-state index in [1.807, 2.05) is 6.92 Å². The number of hydrogen-bond donors (Lipinski definition) is 0. The third-order valence-electron chi connectivity index (χ3n) is 1.75. The normalized spacial score (nSPS) is 11.8. The molecule has 0 atom stereocenters. The molecule has 90 valence electrons. The maximum absolute atomic E-state index is 12.2. The van der Waals surface area contributed by atoms with Crippen LogP contribution in [0.1, 0.15) is 12.5 Å². The van der Waals surface area contributed by atoms with Crippen LogP contribution in [0, 0.1) is 0 Å². The number of alkyl halides is 3. The van der Waals surface area contributed by atoms with Crippen LogP contribution in [0.4, 0.5) is 13.2 Å². The fourth-order valence-corrected chi connectivity index (χ4v) is 1.68. The summed E-state index contributed by atoms with van der Waals surface area (Å²) in [6, 6.07) is 2.41. The van der Waals surface area contributed by atoms with Crippen molar-refractivity contribution in [3.05, 3.63) is 23.9 Å². The summed E-state index contributed by atoms with van der Waals surface area (Å²) in [6.45, 7) is 3.10. The van der Waals surface area contributed by atoms with Crippen LogP contribution in [0.15, 0.2) is 23.4 Å². The molecule has 16 heavy (non-hydrogen) atoms. The van der Waals surface area contributed by atoms with Crippen molar-refractivity contribution in [2.45, 2.75) is 18.1 Å². The van der Waals surface area contributed by atoms with Gasteiger partial charge >= 0.3 is 6.18 Å². The standard InChI is InChI=1S/C10H12F3NOS/c1-2-15-5-6-16-9-4-3-8(7-14-9)10(11,12)13/h3-4,7H,2,5-6H2,1H3. The molecule has 0 unspecified atom stereocenters. The number of rotatable bonds is 5. The fourth-order valence-electron chi connectivity index (χ4n) is 0.983. The number of pyridine rings is 1. The van der Waals surface area contributed by atoms with Gasteiger partial charge in [0.05, 0.1) is 17.2 Å². The van der Waals surface area contributed by atoms with Crippen LogP contribution >= 0.6 is 11.8 Å². The number of thioether (sulfide) groups is 1. The number of aromatic nitrogens is 1. The van der Waals surface area contributed by atoms with E-state index >= 15 is 0 Å². The summed E-state index contributed by atoms with van der Waals surface area (Å²) >= 11 is 1.38. The van der Waals surface area contributed by atoms with E-state index in [0.29, 0.717) is 24.0 Å². The fraction of sp³-hybridized carbons (Fsp3) is 0.500. The average Bonchev–Trinajstić information content (AvgIpc) is 2.24. The van der Waals surface area contributed by atoms with E-state index in [0.717, 1.165) is 12.3 Å². The zero-order valence-corrected chi connectivity index (χ0v) is 9.57. The highest BCUT2D eigenvalue weighted by Crippen LogP contribution is 2.29. The van der Waals surface area contributed by atoms with Gasteiger partial charge in [-0.15, -0.1) is 11.8 Å². The van der Waals surface area contributed by atoms with Crippen LogP contribution in [0.2, 0.25) is 0 Å². The molecule has 0 saturated carbocycles. The van der Waals surface area contributed by atoms with E-state index in [1.165, 1.54) is 17.8 Å². The van der Waals surface area contributed by atoms with Gasteiger partial charge in [0, 0.05) is 18.6 Å². The zero-order valence-electron chi connectivity index (χ0n) is 8.75. The van der Waals surface area contributed by atoms with E-state index < -0.39 is 11.7 Å². The lowest BCUT2D eigenvalue weighted by Crippen LogP contribution is -2.05. The molecule has 0 aliphatic rings. The molecule has 0 fully saturated rings. The molecule has 2 nitrogen and oxygen atoms in total. The van der Waals surface area contributed by atoms with Gasteiger partial charge in [0.1, 0.15) is 0 Å². The van der Waals surface area contributed by atoms with E-state index in [4.69, 9.17) is 4.74 Å². The largest absolute Gasteiger partial charge is 0.417 e. The molecule has 0 aromatic carbocycles. The molecule has 1 heterocycles. The number of halogens is 3. The van der Waals surface area contributed by atoms with Gasteiger partial charge in [0.25, 0.3) is 0 Å². The zero-order chi connectivity index (χ0) is 12.0. The molecule has 1 aromatic heterocycles. The van der Waals surface area contributed by atoms with Crippen molar-refractivity contribution in [2.24, 2.45) is 0 Å². The molecular formula is C10H12F3NOS. The SMILES string of the molecule is CCOCCSc1ccc(C(F)(F)F)cn1. The summed E-state index contributed by atoms with van der Waals surface area (Å²) in [7, 11) is 0. The maximum atomic E-state index is 12.2. The molecule has 0 aliphatic heterocycles. The van der Waals surface area contributed by atoms with Crippen molar-refractivity contribution in [1.82, 2.24) is 4.98 Å². The van der Waals surface area contributed by atoms with Gasteiger partial charge in [-0.3, -0.25) is 0 Å². The molecule has 0 radical (unpaired) electrons. The van der Waals surface area contributed by atoms with Crippen LogP contribution in [-0.4, -0.2) is 24.0 Å². The first-order valence-corrected chi connectivity index (χ1v) is 5.76. The second-order valence-corrected chi connectivity index (χ2v) is 4.04. The second kappa shape index (κ2) is 6.10. The predicted molar refractivity (Wildman–Crippen MR) is 56.5 cm³/mol. The Morgan fingerprint density at radius 1 is 1.38 bits per heavy atom. The van der Waals surface area contributed by atoms with Crippen LogP contribution in [0.25, 0.3) is 0 Å². The summed E-state index contributed by atoms with van der Waals surface area (Å²) in [5, 5.41) is 0.577. The van der Waals surface area contributed by atoms with Crippen LogP contribution in [-0.2, 0) is 10.9 Å². The summed E-state index contributed by atoms with van der Waals surface area (Å²) in [5.74, 6) is 0.687. The molecule has 0 N–H and O–H groups in total. The Morgan fingerprint density at radius 2 is 2.12 bits per heavy atom. The Morgan fingerprint density at radius 3 is 2.62 bits per heavy atom. The third kappa shape index (κ3) is 4.40. The van der Waals surface area contributed by atoms with E-state index in [1.54, 1.807) is 0 Å². The lowest BCUT2D eigenvalue weighted by molar-refractivity contribution is -0.137. The first-order chi connectivity index (χ1) is 7.54. The van der Waals surface area contributed by atoms with Crippen LogP contribution in [0.5, 0.6) is 0 Å². The minimum absolute atomic E-state index is 0.573. The van der Waals surface area contributed by atoms with E-state index in [-0.39, 0.29) is 0 Å². The Bertz CT molecular complexity index is 313. The Kier molecular flexibility index (Phi) is 5.08. The van der Waals surface area contributed by atoms with Crippen LogP contribution in [0.3, 0.4) is 0 Å². The molecule has 1 rings (SSSR count). The van der Waals surface area contributed by atoms with E-state index in [9.17, 15) is 13.2 Å². The van der Waals surface area contributed by atoms with Gasteiger partial charge in [0.2, 0.25) is 0 Å². The highest BCUT2D eigenvalue weighted by atomic mass is 32.2. The van der Waals surface area contributed by atoms with Crippen LogP contribution < -0.4 is 0 Å². The van der Waals surface area contributed by atoms with Crippen molar-refractivity contribution < 1.29 is 17.9 Å². The molecule has 0 saturated heterocycles. The molecule has 0 amide bonds. The summed E-state index contributed by atoms with van der Waals surface area (Å²) in [5.41, 5.74) is -0.721. The minimum Gasteiger partial charge on any atom is -0.381 e. The molecule has 6 heteroatoms. The smallest absolute Gasteiger partial charge is 0.381 e. The Hall–Kier alpha value is -0.750. The number of ether oxygens (including phenoxy) is 1. The molecule has 0 bridgehead atoms. The summed E-state index contributed by atoms with van der Waals surface area (Å²) < 4.78 is 41.7. The van der Waals surface area contributed by atoms with Gasteiger partial charge in [0.15, 0.2) is 0 Å².